The first-order valence-electron chi connectivity index (χ1n) is 16.3. The summed E-state index contributed by atoms with van der Waals surface area (Å²) in [6, 6.07) is 57.0. The Kier molecular flexibility index (Phi) is 5.64. The zero-order valence-corrected chi connectivity index (χ0v) is 26.2. The molecule has 3 heterocycles. The van der Waals surface area contributed by atoms with Crippen LogP contribution in [0.25, 0.3) is 82.5 Å². The van der Waals surface area contributed by atoms with Crippen LogP contribution in [0.3, 0.4) is 0 Å². The second-order valence-corrected chi connectivity index (χ2v) is 12.3. The van der Waals surface area contributed by atoms with Crippen LogP contribution in [-0.4, -0.2) is 13.7 Å². The van der Waals surface area contributed by atoms with Gasteiger partial charge in [0.2, 0.25) is 0 Å². The van der Waals surface area contributed by atoms with E-state index in [0.717, 1.165) is 71.7 Å². The Morgan fingerprint density at radius 3 is 1.59 bits per heavy atom. The first-order valence-corrected chi connectivity index (χ1v) is 16.3. The van der Waals surface area contributed by atoms with E-state index in [0.29, 0.717) is 11.1 Å². The Morgan fingerprint density at radius 1 is 0.347 bits per heavy atom. The minimum atomic E-state index is 0.572. The lowest BCUT2D eigenvalue weighted by molar-refractivity contribution is 1.16. The van der Waals surface area contributed by atoms with E-state index in [1.54, 1.807) is 0 Å². The van der Waals surface area contributed by atoms with Crippen LogP contribution in [0, 0.1) is 22.7 Å². The van der Waals surface area contributed by atoms with Crippen molar-refractivity contribution in [2.24, 2.45) is 0 Å². The molecular formula is C44H25N5. The number of aromatic nitrogens is 3. The number of rotatable bonds is 3. The van der Waals surface area contributed by atoms with Crippen LogP contribution in [0.4, 0.5) is 0 Å². The molecule has 0 fully saturated rings. The second kappa shape index (κ2) is 10.2. The van der Waals surface area contributed by atoms with Crippen LogP contribution < -0.4 is 0 Å². The Labute approximate surface area is 280 Å². The molecule has 49 heavy (non-hydrogen) atoms. The number of fused-ring (bicyclic) bond motifs is 11. The first kappa shape index (κ1) is 27.1. The van der Waals surface area contributed by atoms with E-state index in [2.05, 4.69) is 135 Å². The molecule has 0 unspecified atom stereocenters. The first-order chi connectivity index (χ1) is 24.3. The number of nitriles is 2. The minimum absolute atomic E-state index is 0.572. The van der Waals surface area contributed by atoms with Crippen molar-refractivity contribution in [1.82, 2.24) is 13.7 Å². The van der Waals surface area contributed by atoms with Gasteiger partial charge in [-0.05, 0) is 66.7 Å². The highest BCUT2D eigenvalue weighted by Gasteiger charge is 2.25. The maximum Gasteiger partial charge on any atom is 0.101 e. The van der Waals surface area contributed by atoms with Gasteiger partial charge in [0.1, 0.15) is 6.07 Å². The molecule has 10 aromatic rings. The van der Waals surface area contributed by atoms with Gasteiger partial charge < -0.3 is 13.7 Å². The van der Waals surface area contributed by atoms with Crippen molar-refractivity contribution in [3.8, 4) is 29.2 Å². The van der Waals surface area contributed by atoms with Crippen molar-refractivity contribution in [2.45, 2.75) is 0 Å². The molecule has 0 aliphatic carbocycles. The molecule has 10 rings (SSSR count). The summed E-state index contributed by atoms with van der Waals surface area (Å²) in [7, 11) is 0. The predicted octanol–water partition coefficient (Wildman–Crippen LogP) is 10.7. The number of para-hydroxylation sites is 4. The highest BCUT2D eigenvalue weighted by atomic mass is 15.0. The third-order valence-electron chi connectivity index (χ3n) is 9.89. The van der Waals surface area contributed by atoms with Crippen LogP contribution >= 0.6 is 0 Å². The van der Waals surface area contributed by atoms with Gasteiger partial charge in [-0.25, -0.2) is 0 Å². The van der Waals surface area contributed by atoms with E-state index in [1.807, 2.05) is 42.5 Å². The van der Waals surface area contributed by atoms with Gasteiger partial charge in [-0.1, -0.05) is 84.9 Å². The van der Waals surface area contributed by atoms with Gasteiger partial charge in [-0.2, -0.15) is 10.5 Å². The van der Waals surface area contributed by atoms with Crippen LogP contribution in [0.1, 0.15) is 11.1 Å². The van der Waals surface area contributed by atoms with Gasteiger partial charge in [0.15, 0.2) is 0 Å². The molecule has 0 amide bonds. The molecule has 0 N–H and O–H groups in total. The van der Waals surface area contributed by atoms with E-state index < -0.39 is 0 Å². The van der Waals surface area contributed by atoms with Gasteiger partial charge >= 0.3 is 0 Å². The van der Waals surface area contributed by atoms with Gasteiger partial charge in [-0.3, -0.25) is 0 Å². The lowest BCUT2D eigenvalue weighted by Crippen LogP contribution is -1.97. The molecule has 0 aliphatic rings. The molecule has 0 atom stereocenters. The fourth-order valence-electron chi connectivity index (χ4n) is 7.99. The van der Waals surface area contributed by atoms with Gasteiger partial charge in [-0.15, -0.1) is 0 Å². The third kappa shape index (κ3) is 3.62. The zero-order valence-electron chi connectivity index (χ0n) is 26.2. The number of hydrogen-bond acceptors (Lipinski definition) is 2. The van der Waals surface area contributed by atoms with Crippen molar-refractivity contribution >= 4 is 65.4 Å². The highest BCUT2D eigenvalue weighted by Crippen LogP contribution is 2.46. The van der Waals surface area contributed by atoms with E-state index in [9.17, 15) is 10.5 Å². The summed E-state index contributed by atoms with van der Waals surface area (Å²) in [6.45, 7) is 0. The molecule has 0 radical (unpaired) electrons. The smallest absolute Gasteiger partial charge is 0.101 e. The zero-order chi connectivity index (χ0) is 32.6. The molecule has 0 saturated heterocycles. The second-order valence-electron chi connectivity index (χ2n) is 12.3. The summed E-state index contributed by atoms with van der Waals surface area (Å²) in [6.07, 6.45) is 0. The Bertz CT molecular complexity index is 3050. The van der Waals surface area contributed by atoms with E-state index >= 15 is 0 Å². The Hall–Kier alpha value is -7.08. The average Bonchev–Trinajstić information content (AvgIpc) is 3.81. The van der Waals surface area contributed by atoms with E-state index in [-0.39, 0.29) is 0 Å². The summed E-state index contributed by atoms with van der Waals surface area (Å²) in [4.78, 5) is 0. The SMILES string of the molecule is N#Cc1ccccc1-n1c2cccc(C#N)c2c2c1ccc1c3ccc4c(c5ccccc5n4-c4ccccc4)c3n(-c3ccccc3)c12. The standard InChI is InChI=1S/C44H25N5/c45-26-28-12-7-9-19-35(28)49-37-21-11-13-29(27-46)40(37)42-39(49)25-23-33-32-22-24-38-41(43(32)48(44(33)42)31-16-5-2-6-17-31)34-18-8-10-20-36(34)47(38)30-14-3-1-4-15-30/h1-25H. The topological polar surface area (TPSA) is 62.4 Å². The summed E-state index contributed by atoms with van der Waals surface area (Å²) in [5, 5.41) is 27.1. The molecule has 0 spiro atoms. The number of nitrogens with zero attached hydrogens (tertiary/aromatic N) is 5. The van der Waals surface area contributed by atoms with Crippen molar-refractivity contribution in [1.29, 1.82) is 10.5 Å². The lowest BCUT2D eigenvalue weighted by atomic mass is 10.0. The summed E-state index contributed by atoms with van der Waals surface area (Å²) < 4.78 is 6.89. The van der Waals surface area contributed by atoms with Crippen molar-refractivity contribution in [3.63, 3.8) is 0 Å². The fourth-order valence-corrected chi connectivity index (χ4v) is 7.99. The van der Waals surface area contributed by atoms with Crippen LogP contribution in [0.15, 0.2) is 152 Å². The van der Waals surface area contributed by atoms with Gasteiger partial charge in [0.25, 0.3) is 0 Å². The van der Waals surface area contributed by atoms with Crippen LogP contribution in [0.2, 0.25) is 0 Å². The minimum Gasteiger partial charge on any atom is -0.309 e. The maximum atomic E-state index is 10.5. The van der Waals surface area contributed by atoms with Crippen molar-refractivity contribution < 1.29 is 0 Å². The summed E-state index contributed by atoms with van der Waals surface area (Å²) >= 11 is 0. The maximum absolute atomic E-state index is 10.5. The van der Waals surface area contributed by atoms with Crippen LogP contribution in [0.5, 0.6) is 0 Å². The summed E-state index contributed by atoms with van der Waals surface area (Å²) in [5.41, 5.74) is 10.3. The van der Waals surface area contributed by atoms with Crippen molar-refractivity contribution in [3.05, 3.63) is 163 Å². The largest absolute Gasteiger partial charge is 0.309 e. The van der Waals surface area contributed by atoms with Gasteiger partial charge in [0.05, 0.1) is 56.0 Å². The fraction of sp³-hybridized carbons (Fsp3) is 0. The highest BCUT2D eigenvalue weighted by molar-refractivity contribution is 6.32. The monoisotopic (exact) mass is 623 g/mol. The third-order valence-corrected chi connectivity index (χ3v) is 9.89. The normalized spacial score (nSPS) is 11.6. The predicted molar refractivity (Wildman–Crippen MR) is 199 cm³/mol. The lowest BCUT2D eigenvalue weighted by Gasteiger charge is -2.11. The van der Waals surface area contributed by atoms with E-state index in [1.165, 1.54) is 10.8 Å². The quantitative estimate of drug-likeness (QED) is 0.197. The molecule has 5 heteroatoms. The van der Waals surface area contributed by atoms with Crippen molar-refractivity contribution in [2.75, 3.05) is 0 Å². The molecule has 7 aromatic carbocycles. The Balaban J connectivity index is 1.50. The molecule has 226 valence electrons. The Morgan fingerprint density at radius 2 is 0.878 bits per heavy atom. The number of benzene rings is 7. The molecular weight excluding hydrogens is 599 g/mol. The van der Waals surface area contributed by atoms with E-state index in [4.69, 9.17) is 0 Å². The van der Waals surface area contributed by atoms with Crippen LogP contribution in [-0.2, 0) is 0 Å². The molecule has 0 saturated carbocycles. The molecule has 3 aromatic heterocycles. The molecule has 0 aliphatic heterocycles. The molecule has 5 nitrogen and oxygen atoms in total. The summed E-state index contributed by atoms with van der Waals surface area (Å²) in [5.74, 6) is 0. The van der Waals surface area contributed by atoms with Gasteiger partial charge in [0, 0.05) is 43.7 Å². The molecule has 0 bridgehead atoms. The number of hydrogen-bond donors (Lipinski definition) is 0. The average molecular weight is 624 g/mol.